The predicted molar refractivity (Wildman–Crippen MR) is 77.5 cm³/mol. The van der Waals surface area contributed by atoms with Crippen molar-refractivity contribution in [3.8, 4) is 11.8 Å². The number of hydrogen-bond acceptors (Lipinski definition) is 3. The molecule has 0 amide bonds. The highest BCUT2D eigenvalue weighted by atomic mass is 32.2. The lowest BCUT2D eigenvalue weighted by Gasteiger charge is -2.14. The Bertz CT molecular complexity index is 595. The van der Waals surface area contributed by atoms with Crippen LogP contribution in [0.15, 0.2) is 18.2 Å². The molecule has 19 heavy (non-hydrogen) atoms. The Labute approximate surface area is 114 Å². The van der Waals surface area contributed by atoms with Crippen molar-refractivity contribution in [2.24, 2.45) is 0 Å². The monoisotopic (exact) mass is 281 g/mol. The standard InChI is InChI=1S/C14H19NO3S/c1-4-13-10-12(6-5-9-16)7-8-14(13)15-19(17,18)11(2)3/h7-8,10-11,15-16H,4,9H2,1-3H3. The number of benzene rings is 1. The van der Waals surface area contributed by atoms with Crippen LogP contribution in [0.25, 0.3) is 0 Å². The van der Waals surface area contributed by atoms with Crippen LogP contribution in [0.2, 0.25) is 0 Å². The van der Waals surface area contributed by atoms with E-state index in [1.807, 2.05) is 13.0 Å². The second kappa shape index (κ2) is 6.60. The van der Waals surface area contributed by atoms with Gasteiger partial charge >= 0.3 is 0 Å². The van der Waals surface area contributed by atoms with Gasteiger partial charge in [-0.05, 0) is 44.0 Å². The number of rotatable bonds is 4. The summed E-state index contributed by atoms with van der Waals surface area (Å²) in [7, 11) is -3.34. The molecular formula is C14H19NO3S. The van der Waals surface area contributed by atoms with Gasteiger partial charge in [-0.25, -0.2) is 8.42 Å². The third-order valence-corrected chi connectivity index (χ3v) is 4.42. The van der Waals surface area contributed by atoms with Crippen LogP contribution in [-0.2, 0) is 16.4 Å². The molecule has 0 saturated carbocycles. The Morgan fingerprint density at radius 1 is 1.37 bits per heavy atom. The molecule has 104 valence electrons. The Hall–Kier alpha value is -1.51. The summed E-state index contributed by atoms with van der Waals surface area (Å²) in [6, 6.07) is 5.28. The van der Waals surface area contributed by atoms with Crippen molar-refractivity contribution in [1.29, 1.82) is 0 Å². The lowest BCUT2D eigenvalue weighted by molar-refractivity contribution is 0.350. The Balaban J connectivity index is 3.10. The van der Waals surface area contributed by atoms with Gasteiger partial charge in [-0.3, -0.25) is 4.72 Å². The van der Waals surface area contributed by atoms with Gasteiger partial charge in [-0.15, -0.1) is 0 Å². The molecule has 0 aliphatic rings. The van der Waals surface area contributed by atoms with Crippen molar-refractivity contribution in [2.75, 3.05) is 11.3 Å². The normalized spacial score (nSPS) is 11.0. The van der Waals surface area contributed by atoms with Gasteiger partial charge in [0.25, 0.3) is 0 Å². The van der Waals surface area contributed by atoms with Crippen molar-refractivity contribution in [2.45, 2.75) is 32.4 Å². The fourth-order valence-electron chi connectivity index (χ4n) is 1.48. The number of aryl methyl sites for hydroxylation is 1. The summed E-state index contributed by atoms with van der Waals surface area (Å²) >= 11 is 0. The molecule has 1 aromatic rings. The smallest absolute Gasteiger partial charge is 0.235 e. The fourth-order valence-corrected chi connectivity index (χ4v) is 2.22. The molecule has 0 aliphatic heterocycles. The molecule has 1 aromatic carbocycles. The van der Waals surface area contributed by atoms with Crippen molar-refractivity contribution in [1.82, 2.24) is 0 Å². The van der Waals surface area contributed by atoms with E-state index in [0.29, 0.717) is 12.1 Å². The number of aliphatic hydroxyl groups is 1. The first-order valence-electron chi connectivity index (χ1n) is 6.15. The first-order chi connectivity index (χ1) is 8.90. The Morgan fingerprint density at radius 3 is 2.58 bits per heavy atom. The average molecular weight is 281 g/mol. The molecule has 0 aromatic heterocycles. The highest BCUT2D eigenvalue weighted by Crippen LogP contribution is 2.20. The molecule has 1 rings (SSSR count). The van der Waals surface area contributed by atoms with Gasteiger partial charge in [-0.2, -0.15) is 0 Å². The third kappa shape index (κ3) is 4.27. The van der Waals surface area contributed by atoms with Crippen LogP contribution in [0, 0.1) is 11.8 Å². The predicted octanol–water partition coefficient (Wildman–Crippen LogP) is 1.74. The molecule has 0 radical (unpaired) electrons. The summed E-state index contributed by atoms with van der Waals surface area (Å²) in [5.41, 5.74) is 2.23. The summed E-state index contributed by atoms with van der Waals surface area (Å²) in [4.78, 5) is 0. The van der Waals surface area contributed by atoms with Crippen molar-refractivity contribution < 1.29 is 13.5 Å². The zero-order valence-electron chi connectivity index (χ0n) is 11.4. The molecule has 0 atom stereocenters. The number of nitrogens with one attached hydrogen (secondary N) is 1. The molecule has 5 heteroatoms. The second-order valence-corrected chi connectivity index (χ2v) is 6.62. The molecule has 0 fully saturated rings. The summed E-state index contributed by atoms with van der Waals surface area (Å²) in [5, 5.41) is 8.18. The number of hydrogen-bond donors (Lipinski definition) is 2. The highest BCUT2D eigenvalue weighted by molar-refractivity contribution is 7.93. The molecule has 0 saturated heterocycles. The van der Waals surface area contributed by atoms with E-state index in [0.717, 1.165) is 11.1 Å². The van der Waals surface area contributed by atoms with E-state index in [9.17, 15) is 8.42 Å². The molecule has 0 heterocycles. The third-order valence-electron chi connectivity index (χ3n) is 2.67. The molecule has 0 unspecified atom stereocenters. The van der Waals surface area contributed by atoms with Gasteiger partial charge in [0.05, 0.1) is 10.9 Å². The van der Waals surface area contributed by atoms with Crippen molar-refractivity contribution in [3.05, 3.63) is 29.3 Å². The lowest BCUT2D eigenvalue weighted by atomic mass is 10.1. The van der Waals surface area contributed by atoms with Crippen LogP contribution in [-0.4, -0.2) is 25.4 Å². The van der Waals surface area contributed by atoms with E-state index < -0.39 is 15.3 Å². The molecule has 0 bridgehead atoms. The van der Waals surface area contributed by atoms with Crippen LogP contribution in [0.1, 0.15) is 31.9 Å². The highest BCUT2D eigenvalue weighted by Gasteiger charge is 2.16. The molecule has 0 aliphatic carbocycles. The number of aliphatic hydroxyl groups excluding tert-OH is 1. The molecule has 0 spiro atoms. The first kappa shape index (κ1) is 15.5. The molecular weight excluding hydrogens is 262 g/mol. The van der Waals surface area contributed by atoms with Crippen LogP contribution in [0.4, 0.5) is 5.69 Å². The minimum atomic E-state index is -3.34. The fraction of sp³-hybridized carbons (Fsp3) is 0.429. The van der Waals surface area contributed by atoms with Crippen LogP contribution >= 0.6 is 0 Å². The quantitative estimate of drug-likeness (QED) is 0.826. The first-order valence-corrected chi connectivity index (χ1v) is 7.69. The number of anilines is 1. The minimum absolute atomic E-state index is 0.191. The van der Waals surface area contributed by atoms with E-state index >= 15 is 0 Å². The Morgan fingerprint density at radius 2 is 2.05 bits per heavy atom. The zero-order valence-corrected chi connectivity index (χ0v) is 12.2. The largest absolute Gasteiger partial charge is 0.384 e. The Kier molecular flexibility index (Phi) is 5.40. The average Bonchev–Trinajstić information content (AvgIpc) is 2.37. The maximum Gasteiger partial charge on any atom is 0.235 e. The van der Waals surface area contributed by atoms with Crippen molar-refractivity contribution in [3.63, 3.8) is 0 Å². The second-order valence-electron chi connectivity index (χ2n) is 4.38. The zero-order chi connectivity index (χ0) is 14.5. The van der Waals surface area contributed by atoms with Gasteiger partial charge in [0.15, 0.2) is 0 Å². The van der Waals surface area contributed by atoms with Crippen molar-refractivity contribution >= 4 is 15.7 Å². The van der Waals surface area contributed by atoms with E-state index in [4.69, 9.17) is 5.11 Å². The SMILES string of the molecule is CCc1cc(C#CCO)ccc1NS(=O)(=O)C(C)C. The van der Waals surface area contributed by atoms with Gasteiger partial charge < -0.3 is 5.11 Å². The lowest BCUT2D eigenvalue weighted by Crippen LogP contribution is -2.23. The maximum absolute atomic E-state index is 11.9. The van der Waals surface area contributed by atoms with E-state index in [-0.39, 0.29) is 6.61 Å². The maximum atomic E-state index is 11.9. The van der Waals surface area contributed by atoms with E-state index in [1.165, 1.54) is 0 Å². The van der Waals surface area contributed by atoms with Gasteiger partial charge in [0, 0.05) is 5.56 Å². The summed E-state index contributed by atoms with van der Waals surface area (Å²) in [6.45, 7) is 5.03. The van der Waals surface area contributed by atoms with Gasteiger partial charge in [0.2, 0.25) is 10.0 Å². The summed E-state index contributed by atoms with van der Waals surface area (Å²) in [5.74, 6) is 5.37. The van der Waals surface area contributed by atoms with E-state index in [2.05, 4.69) is 16.6 Å². The van der Waals surface area contributed by atoms with E-state index in [1.54, 1.807) is 26.0 Å². The van der Waals surface area contributed by atoms with Gasteiger partial charge in [-0.1, -0.05) is 18.8 Å². The minimum Gasteiger partial charge on any atom is -0.384 e. The molecule has 4 nitrogen and oxygen atoms in total. The summed E-state index contributed by atoms with van der Waals surface area (Å²) < 4.78 is 26.3. The topological polar surface area (TPSA) is 66.4 Å². The van der Waals surface area contributed by atoms with Crippen LogP contribution < -0.4 is 4.72 Å². The summed E-state index contributed by atoms with van der Waals surface area (Å²) in [6.07, 6.45) is 0.699. The van der Waals surface area contributed by atoms with Crippen LogP contribution in [0.3, 0.4) is 0 Å². The van der Waals surface area contributed by atoms with Gasteiger partial charge in [0.1, 0.15) is 6.61 Å². The molecule has 2 N–H and O–H groups in total. The number of sulfonamides is 1. The van der Waals surface area contributed by atoms with Crippen LogP contribution in [0.5, 0.6) is 0 Å².